The van der Waals surface area contributed by atoms with Crippen LogP contribution in [0.2, 0.25) is 0 Å². The van der Waals surface area contributed by atoms with E-state index < -0.39 is 0 Å². The van der Waals surface area contributed by atoms with E-state index in [2.05, 4.69) is 30.3 Å². The van der Waals surface area contributed by atoms with Gasteiger partial charge in [-0.25, -0.2) is 4.98 Å². The van der Waals surface area contributed by atoms with Crippen molar-refractivity contribution >= 4 is 11.3 Å². The first-order chi connectivity index (χ1) is 12.7. The van der Waals surface area contributed by atoms with E-state index in [0.29, 0.717) is 6.54 Å². The lowest BCUT2D eigenvalue weighted by Crippen LogP contribution is -2.09. The Kier molecular flexibility index (Phi) is 4.79. The maximum Gasteiger partial charge on any atom is 0.124 e. The molecule has 0 aliphatic heterocycles. The van der Waals surface area contributed by atoms with Crippen LogP contribution in [0, 0.1) is 0 Å². The molecule has 1 heterocycles. The molecule has 0 saturated carbocycles. The van der Waals surface area contributed by atoms with Crippen LogP contribution in [-0.4, -0.2) is 11.1 Å². The molecule has 26 heavy (non-hydrogen) atoms. The largest absolute Gasteiger partial charge is 0.491 e. The third-order valence-corrected chi connectivity index (χ3v) is 5.89. The highest BCUT2D eigenvalue weighted by Crippen LogP contribution is 2.38. The number of ether oxygens (including phenoxy) is 1. The molecule has 0 unspecified atom stereocenters. The van der Waals surface area contributed by atoms with Gasteiger partial charge in [-0.15, -0.1) is 11.3 Å². The number of thiazole rings is 1. The highest BCUT2D eigenvalue weighted by atomic mass is 32.1. The van der Waals surface area contributed by atoms with E-state index in [1.54, 1.807) is 11.3 Å². The second kappa shape index (κ2) is 7.22. The number of hydrogen-bond donors (Lipinski definition) is 1. The Balaban J connectivity index is 1.68. The minimum Gasteiger partial charge on any atom is -0.491 e. The highest BCUT2D eigenvalue weighted by molar-refractivity contribution is 7.18. The Morgan fingerprint density at radius 1 is 1.19 bits per heavy atom. The Morgan fingerprint density at radius 2 is 2.08 bits per heavy atom. The molecular formula is C22H24N2OS. The van der Waals surface area contributed by atoms with Gasteiger partial charge in [0.2, 0.25) is 0 Å². The van der Waals surface area contributed by atoms with Gasteiger partial charge < -0.3 is 10.5 Å². The molecule has 4 rings (SSSR count). The summed E-state index contributed by atoms with van der Waals surface area (Å²) < 4.78 is 5.86. The number of nitrogens with zero attached hydrogens (tertiary/aromatic N) is 1. The van der Waals surface area contributed by atoms with Crippen LogP contribution < -0.4 is 10.5 Å². The summed E-state index contributed by atoms with van der Waals surface area (Å²) in [5, 5.41) is 1.03. The van der Waals surface area contributed by atoms with Crippen molar-refractivity contribution < 1.29 is 4.74 Å². The maximum absolute atomic E-state index is 5.93. The van der Waals surface area contributed by atoms with Crippen molar-refractivity contribution in [1.82, 2.24) is 4.98 Å². The molecule has 1 aromatic heterocycles. The molecule has 1 aliphatic rings. The van der Waals surface area contributed by atoms with E-state index in [9.17, 15) is 0 Å². The van der Waals surface area contributed by atoms with Gasteiger partial charge >= 0.3 is 0 Å². The molecule has 134 valence electrons. The minimum atomic E-state index is 0.137. The molecule has 3 nitrogen and oxygen atoms in total. The lowest BCUT2D eigenvalue weighted by Gasteiger charge is -2.14. The number of hydrogen-bond acceptors (Lipinski definition) is 4. The Labute approximate surface area is 158 Å². The Morgan fingerprint density at radius 3 is 2.88 bits per heavy atom. The van der Waals surface area contributed by atoms with Crippen LogP contribution in [0.5, 0.6) is 5.75 Å². The maximum atomic E-state index is 5.93. The molecule has 3 aromatic rings. The highest BCUT2D eigenvalue weighted by Gasteiger charge is 2.17. The molecule has 0 bridgehead atoms. The summed E-state index contributed by atoms with van der Waals surface area (Å²) in [5.74, 6) is 0.865. The summed E-state index contributed by atoms with van der Waals surface area (Å²) in [6, 6.07) is 12.9. The van der Waals surface area contributed by atoms with Crippen LogP contribution in [0.3, 0.4) is 0 Å². The van der Waals surface area contributed by atoms with E-state index in [4.69, 9.17) is 15.5 Å². The van der Waals surface area contributed by atoms with Crippen molar-refractivity contribution in [3.8, 4) is 26.8 Å². The van der Waals surface area contributed by atoms with Gasteiger partial charge in [0.1, 0.15) is 10.8 Å². The summed E-state index contributed by atoms with van der Waals surface area (Å²) in [5.41, 5.74) is 12.4. The van der Waals surface area contributed by atoms with Gasteiger partial charge in [0.25, 0.3) is 0 Å². The van der Waals surface area contributed by atoms with Crippen molar-refractivity contribution in [1.29, 1.82) is 0 Å². The van der Waals surface area contributed by atoms with Crippen LogP contribution in [0.1, 0.15) is 37.0 Å². The van der Waals surface area contributed by atoms with Crippen LogP contribution in [-0.2, 0) is 19.4 Å². The standard InChI is InChI=1S/C22H24N2OS/c1-14(2)25-20-10-9-16(11-17(20)12-23)22-24-13-21(26-22)19-8-4-6-15-5-3-7-18(15)19/h4,6,8-11,13-14H,3,5,7,12,23H2,1-2H3. The first-order valence-electron chi connectivity index (χ1n) is 9.22. The molecule has 0 saturated heterocycles. The molecule has 1 aliphatic carbocycles. The fraction of sp³-hybridized carbons (Fsp3) is 0.318. The molecular weight excluding hydrogens is 340 g/mol. The van der Waals surface area contributed by atoms with Crippen molar-refractivity contribution in [3.05, 3.63) is 59.3 Å². The van der Waals surface area contributed by atoms with Gasteiger partial charge in [0.15, 0.2) is 0 Å². The topological polar surface area (TPSA) is 48.1 Å². The summed E-state index contributed by atoms with van der Waals surface area (Å²) in [6.07, 6.45) is 5.78. The Hall–Kier alpha value is -2.17. The van der Waals surface area contributed by atoms with Gasteiger partial charge in [-0.2, -0.15) is 0 Å². The fourth-order valence-electron chi connectivity index (χ4n) is 3.62. The molecule has 0 spiro atoms. The summed E-state index contributed by atoms with van der Waals surface area (Å²) >= 11 is 1.75. The zero-order valence-corrected chi connectivity index (χ0v) is 16.1. The average molecular weight is 365 g/mol. The smallest absolute Gasteiger partial charge is 0.124 e. The predicted molar refractivity (Wildman–Crippen MR) is 109 cm³/mol. The number of rotatable bonds is 5. The van der Waals surface area contributed by atoms with Crippen LogP contribution in [0.15, 0.2) is 42.6 Å². The number of aromatic nitrogens is 1. The SMILES string of the molecule is CC(C)Oc1ccc(-c2ncc(-c3cccc4c3CCC4)s2)cc1CN. The van der Waals surface area contributed by atoms with Crippen molar-refractivity contribution in [3.63, 3.8) is 0 Å². The monoisotopic (exact) mass is 364 g/mol. The third-order valence-electron chi connectivity index (χ3n) is 4.81. The van der Waals surface area contributed by atoms with Crippen LogP contribution >= 0.6 is 11.3 Å². The molecule has 4 heteroatoms. The first-order valence-corrected chi connectivity index (χ1v) is 10.0. The normalized spacial score (nSPS) is 13.2. The van der Waals surface area contributed by atoms with Crippen molar-refractivity contribution in [2.24, 2.45) is 5.73 Å². The van der Waals surface area contributed by atoms with Gasteiger partial charge in [0, 0.05) is 23.9 Å². The number of fused-ring (bicyclic) bond motifs is 1. The van der Waals surface area contributed by atoms with Gasteiger partial charge in [-0.1, -0.05) is 18.2 Å². The van der Waals surface area contributed by atoms with Gasteiger partial charge in [0.05, 0.1) is 11.0 Å². The predicted octanol–water partition coefficient (Wildman–Crippen LogP) is 5.21. The lowest BCUT2D eigenvalue weighted by molar-refractivity contribution is 0.240. The van der Waals surface area contributed by atoms with E-state index in [1.807, 2.05) is 26.1 Å². The summed E-state index contributed by atoms with van der Waals surface area (Å²) in [4.78, 5) is 5.94. The van der Waals surface area contributed by atoms with Crippen LogP contribution in [0.4, 0.5) is 0 Å². The number of benzene rings is 2. The fourth-order valence-corrected chi connectivity index (χ4v) is 4.59. The lowest BCUT2D eigenvalue weighted by atomic mass is 10.0. The molecule has 2 aromatic carbocycles. The average Bonchev–Trinajstić information content (AvgIpc) is 3.30. The second-order valence-corrected chi connectivity index (χ2v) is 8.05. The first kappa shape index (κ1) is 17.3. The van der Waals surface area contributed by atoms with E-state index in [-0.39, 0.29) is 6.10 Å². The molecule has 0 atom stereocenters. The molecule has 0 radical (unpaired) electrons. The summed E-state index contributed by atoms with van der Waals surface area (Å²) in [7, 11) is 0. The van der Waals surface area contributed by atoms with E-state index in [1.165, 1.54) is 40.8 Å². The van der Waals surface area contributed by atoms with Crippen molar-refractivity contribution in [2.75, 3.05) is 0 Å². The molecule has 0 amide bonds. The van der Waals surface area contributed by atoms with Gasteiger partial charge in [-0.3, -0.25) is 0 Å². The van der Waals surface area contributed by atoms with Gasteiger partial charge in [-0.05, 0) is 68.0 Å². The van der Waals surface area contributed by atoms with E-state index in [0.717, 1.165) is 21.9 Å². The zero-order chi connectivity index (χ0) is 18.1. The molecule has 2 N–H and O–H groups in total. The van der Waals surface area contributed by atoms with E-state index >= 15 is 0 Å². The molecule has 0 fully saturated rings. The number of nitrogens with two attached hydrogens (primary N) is 1. The quantitative estimate of drug-likeness (QED) is 0.676. The summed E-state index contributed by atoms with van der Waals surface area (Å²) in [6.45, 7) is 4.51. The second-order valence-electron chi connectivity index (χ2n) is 7.02. The number of aryl methyl sites for hydroxylation is 1. The zero-order valence-electron chi connectivity index (χ0n) is 15.3. The Bertz CT molecular complexity index is 930. The minimum absolute atomic E-state index is 0.137. The van der Waals surface area contributed by atoms with Crippen molar-refractivity contribution in [2.45, 2.75) is 45.8 Å². The van der Waals surface area contributed by atoms with Crippen LogP contribution in [0.25, 0.3) is 21.0 Å². The third kappa shape index (κ3) is 3.27.